The van der Waals surface area contributed by atoms with Crippen molar-refractivity contribution in [2.45, 2.75) is 39.3 Å². The van der Waals surface area contributed by atoms with Gasteiger partial charge in [-0.15, -0.1) is 0 Å². The molecule has 1 saturated carbocycles. The van der Waals surface area contributed by atoms with Gasteiger partial charge in [0.05, 0.1) is 12.0 Å². The standard InChI is InChI=1S/C10H17N3/c1-7-8(2)13(6-12-7)5-10(11)9-3-4-9/h6,9-10H,3-5,11H2,1-2H3. The number of hydrogen-bond donors (Lipinski definition) is 1. The lowest BCUT2D eigenvalue weighted by Gasteiger charge is -2.12. The lowest BCUT2D eigenvalue weighted by Crippen LogP contribution is -2.28. The summed E-state index contributed by atoms with van der Waals surface area (Å²) < 4.78 is 2.16. The van der Waals surface area contributed by atoms with E-state index >= 15 is 0 Å². The zero-order chi connectivity index (χ0) is 9.42. The van der Waals surface area contributed by atoms with Crippen LogP contribution in [0.2, 0.25) is 0 Å². The van der Waals surface area contributed by atoms with Crippen molar-refractivity contribution in [3.63, 3.8) is 0 Å². The lowest BCUT2D eigenvalue weighted by atomic mass is 10.2. The van der Waals surface area contributed by atoms with Gasteiger partial charge in [-0.3, -0.25) is 0 Å². The maximum absolute atomic E-state index is 6.04. The van der Waals surface area contributed by atoms with Crippen LogP contribution in [0.4, 0.5) is 0 Å². The Hall–Kier alpha value is -0.830. The van der Waals surface area contributed by atoms with Gasteiger partial charge in [-0.05, 0) is 32.6 Å². The van der Waals surface area contributed by atoms with E-state index < -0.39 is 0 Å². The van der Waals surface area contributed by atoms with Crippen LogP contribution in [0.5, 0.6) is 0 Å². The maximum Gasteiger partial charge on any atom is 0.0951 e. The molecule has 0 aromatic carbocycles. The molecule has 0 amide bonds. The smallest absolute Gasteiger partial charge is 0.0951 e. The van der Waals surface area contributed by atoms with Crippen molar-refractivity contribution in [3.05, 3.63) is 17.7 Å². The van der Waals surface area contributed by atoms with Gasteiger partial charge >= 0.3 is 0 Å². The molecule has 13 heavy (non-hydrogen) atoms. The molecular formula is C10H17N3. The van der Waals surface area contributed by atoms with Gasteiger partial charge in [-0.1, -0.05) is 0 Å². The molecule has 1 atom stereocenters. The van der Waals surface area contributed by atoms with Gasteiger partial charge in [-0.2, -0.15) is 0 Å². The topological polar surface area (TPSA) is 43.8 Å². The van der Waals surface area contributed by atoms with E-state index in [4.69, 9.17) is 5.73 Å². The Balaban J connectivity index is 2.03. The summed E-state index contributed by atoms with van der Waals surface area (Å²) >= 11 is 0. The maximum atomic E-state index is 6.04. The molecule has 2 rings (SSSR count). The van der Waals surface area contributed by atoms with E-state index in [1.54, 1.807) is 0 Å². The van der Waals surface area contributed by atoms with Gasteiger partial charge in [-0.25, -0.2) is 4.98 Å². The molecule has 1 aliphatic carbocycles. The molecule has 1 fully saturated rings. The largest absolute Gasteiger partial charge is 0.333 e. The van der Waals surface area contributed by atoms with Crippen LogP contribution in [0.3, 0.4) is 0 Å². The Kier molecular flexibility index (Phi) is 2.12. The first kappa shape index (κ1) is 8.75. The predicted octanol–water partition coefficient (Wildman–Crippen LogP) is 1.24. The van der Waals surface area contributed by atoms with Crippen molar-refractivity contribution >= 4 is 0 Å². The molecule has 1 unspecified atom stereocenters. The number of aromatic nitrogens is 2. The van der Waals surface area contributed by atoms with Crippen LogP contribution < -0.4 is 5.73 Å². The fraction of sp³-hybridized carbons (Fsp3) is 0.700. The average molecular weight is 179 g/mol. The monoisotopic (exact) mass is 179 g/mol. The molecule has 0 aliphatic heterocycles. The molecule has 3 heteroatoms. The normalized spacial score (nSPS) is 19.0. The van der Waals surface area contributed by atoms with E-state index in [0.717, 1.165) is 18.2 Å². The Labute approximate surface area is 79.0 Å². The summed E-state index contributed by atoms with van der Waals surface area (Å²) in [6.45, 7) is 5.06. The number of rotatable bonds is 3. The van der Waals surface area contributed by atoms with Crippen molar-refractivity contribution in [1.82, 2.24) is 9.55 Å². The molecule has 1 aliphatic rings. The molecular weight excluding hydrogens is 162 g/mol. The van der Waals surface area contributed by atoms with E-state index in [-0.39, 0.29) is 0 Å². The van der Waals surface area contributed by atoms with Crippen LogP contribution in [0.1, 0.15) is 24.2 Å². The highest BCUT2D eigenvalue weighted by molar-refractivity contribution is 5.08. The Bertz CT molecular complexity index is 299. The third-order valence-corrected chi connectivity index (χ3v) is 2.98. The SMILES string of the molecule is Cc1ncn(CC(N)C2CC2)c1C. The zero-order valence-corrected chi connectivity index (χ0v) is 8.33. The second kappa shape index (κ2) is 3.14. The second-order valence-electron chi connectivity index (χ2n) is 4.07. The highest BCUT2D eigenvalue weighted by Crippen LogP contribution is 2.32. The van der Waals surface area contributed by atoms with Crippen molar-refractivity contribution in [3.8, 4) is 0 Å². The van der Waals surface area contributed by atoms with Crippen molar-refractivity contribution < 1.29 is 0 Å². The summed E-state index contributed by atoms with van der Waals surface area (Å²) in [4.78, 5) is 4.26. The second-order valence-corrected chi connectivity index (χ2v) is 4.07. The zero-order valence-electron chi connectivity index (χ0n) is 8.33. The summed E-state index contributed by atoms with van der Waals surface area (Å²) in [7, 11) is 0. The van der Waals surface area contributed by atoms with Gasteiger partial charge in [0.1, 0.15) is 0 Å². The van der Waals surface area contributed by atoms with E-state index in [2.05, 4.69) is 16.5 Å². The molecule has 1 heterocycles. The summed E-state index contributed by atoms with van der Waals surface area (Å²) in [5.74, 6) is 0.766. The fourth-order valence-electron chi connectivity index (χ4n) is 1.63. The summed E-state index contributed by atoms with van der Waals surface area (Å²) in [5.41, 5.74) is 8.40. The van der Waals surface area contributed by atoms with Crippen LogP contribution >= 0.6 is 0 Å². The van der Waals surface area contributed by atoms with E-state index in [1.807, 2.05) is 13.3 Å². The third-order valence-electron chi connectivity index (χ3n) is 2.98. The van der Waals surface area contributed by atoms with Crippen LogP contribution in [-0.4, -0.2) is 15.6 Å². The van der Waals surface area contributed by atoms with E-state index in [0.29, 0.717) is 6.04 Å². The van der Waals surface area contributed by atoms with E-state index in [9.17, 15) is 0 Å². The minimum Gasteiger partial charge on any atom is -0.333 e. The first-order valence-corrected chi connectivity index (χ1v) is 4.92. The van der Waals surface area contributed by atoms with Crippen molar-refractivity contribution in [1.29, 1.82) is 0 Å². The van der Waals surface area contributed by atoms with Gasteiger partial charge in [0.15, 0.2) is 0 Å². The van der Waals surface area contributed by atoms with E-state index in [1.165, 1.54) is 18.5 Å². The minimum absolute atomic E-state index is 0.326. The van der Waals surface area contributed by atoms with Crippen molar-refractivity contribution in [2.24, 2.45) is 11.7 Å². The first-order chi connectivity index (χ1) is 6.18. The van der Waals surface area contributed by atoms with Gasteiger partial charge < -0.3 is 10.3 Å². The molecule has 0 bridgehead atoms. The summed E-state index contributed by atoms with van der Waals surface area (Å²) in [6, 6.07) is 0.326. The number of nitrogens with zero attached hydrogens (tertiary/aromatic N) is 2. The number of nitrogens with two attached hydrogens (primary N) is 1. The number of imidazole rings is 1. The van der Waals surface area contributed by atoms with Crippen LogP contribution in [0.15, 0.2) is 6.33 Å². The number of aryl methyl sites for hydroxylation is 1. The van der Waals surface area contributed by atoms with Crippen LogP contribution in [0.25, 0.3) is 0 Å². The highest BCUT2D eigenvalue weighted by atomic mass is 15.1. The molecule has 0 spiro atoms. The summed E-state index contributed by atoms with van der Waals surface area (Å²) in [6.07, 6.45) is 4.52. The first-order valence-electron chi connectivity index (χ1n) is 4.92. The molecule has 2 N–H and O–H groups in total. The van der Waals surface area contributed by atoms with Gasteiger partial charge in [0, 0.05) is 18.3 Å². The Morgan fingerprint density at radius 1 is 1.62 bits per heavy atom. The lowest BCUT2D eigenvalue weighted by molar-refractivity contribution is 0.496. The minimum atomic E-state index is 0.326. The Morgan fingerprint density at radius 3 is 2.77 bits per heavy atom. The quantitative estimate of drug-likeness (QED) is 0.758. The van der Waals surface area contributed by atoms with Gasteiger partial charge in [0.25, 0.3) is 0 Å². The fourth-order valence-corrected chi connectivity index (χ4v) is 1.63. The predicted molar refractivity (Wildman–Crippen MR) is 52.4 cm³/mol. The number of hydrogen-bond acceptors (Lipinski definition) is 2. The highest BCUT2D eigenvalue weighted by Gasteiger charge is 2.28. The average Bonchev–Trinajstić information content (AvgIpc) is 2.89. The molecule has 72 valence electrons. The van der Waals surface area contributed by atoms with Gasteiger partial charge in [0.2, 0.25) is 0 Å². The summed E-state index contributed by atoms with van der Waals surface area (Å²) in [5, 5.41) is 0. The molecule has 1 aromatic heterocycles. The Morgan fingerprint density at radius 2 is 2.31 bits per heavy atom. The third kappa shape index (κ3) is 1.75. The molecule has 1 aromatic rings. The molecule has 0 saturated heterocycles. The molecule has 0 radical (unpaired) electrons. The van der Waals surface area contributed by atoms with Crippen LogP contribution in [-0.2, 0) is 6.54 Å². The van der Waals surface area contributed by atoms with Crippen molar-refractivity contribution in [2.75, 3.05) is 0 Å². The van der Waals surface area contributed by atoms with Crippen LogP contribution in [0, 0.1) is 19.8 Å². The molecule has 3 nitrogen and oxygen atoms in total.